The van der Waals surface area contributed by atoms with Crippen LogP contribution >= 0.6 is 23.2 Å². The lowest BCUT2D eigenvalue weighted by atomic mass is 10.2. The quantitative estimate of drug-likeness (QED) is 0.219. The maximum atomic E-state index is 13.2. The number of hydrogen-bond donors (Lipinski definition) is 2. The van der Waals surface area contributed by atoms with Crippen molar-refractivity contribution in [2.45, 2.75) is 9.79 Å². The molecule has 0 radical (unpaired) electrons. The Morgan fingerprint density at radius 3 is 1.98 bits per heavy atom. The molecule has 0 aliphatic carbocycles. The molecule has 0 aromatic heterocycles. The summed E-state index contributed by atoms with van der Waals surface area (Å²) in [5.74, 6) is 0.186. The number of nitrogens with one attached hydrogen (secondary N) is 2. The zero-order valence-electron chi connectivity index (χ0n) is 22.5. The molecule has 4 rings (SSSR count). The number of nitrogens with zero attached hydrogens (tertiary/aromatic N) is 1. The van der Waals surface area contributed by atoms with Gasteiger partial charge in [-0.15, -0.1) is 0 Å². The number of sulfonamides is 2. The number of hydrogen-bond acceptors (Lipinski definition) is 7. The highest BCUT2D eigenvalue weighted by atomic mass is 35.5. The minimum absolute atomic E-state index is 0.00129. The Morgan fingerprint density at radius 1 is 0.762 bits per heavy atom. The van der Waals surface area contributed by atoms with Gasteiger partial charge >= 0.3 is 0 Å². The molecule has 0 unspecified atom stereocenters. The summed E-state index contributed by atoms with van der Waals surface area (Å²) in [6.07, 6.45) is 0. The summed E-state index contributed by atoms with van der Waals surface area (Å²) in [5, 5.41) is 3.19. The van der Waals surface area contributed by atoms with E-state index in [0.717, 1.165) is 4.31 Å². The monoisotopic (exact) mass is 649 g/mol. The first kappa shape index (κ1) is 31.0. The summed E-state index contributed by atoms with van der Waals surface area (Å²) in [5.41, 5.74) is 1.10. The standard InChI is InChI=1S/C28H25Cl2N3O7S2/c1-33(42(37,38)23-13-15-26(39-2)27(17-23)40-3)21-9-4-18(5-10-21)28(34)31-20-7-11-22(12-8-20)41(35,36)32-25-14-6-19(29)16-24(25)30/h4-17,32H,1-3H3,(H,31,34). The Kier molecular flexibility index (Phi) is 9.21. The van der Waals surface area contributed by atoms with Crippen LogP contribution in [0, 0.1) is 0 Å². The van der Waals surface area contributed by atoms with E-state index in [0.29, 0.717) is 22.1 Å². The summed E-state index contributed by atoms with van der Waals surface area (Å²) >= 11 is 11.9. The molecule has 42 heavy (non-hydrogen) atoms. The Morgan fingerprint density at radius 2 is 1.38 bits per heavy atom. The van der Waals surface area contributed by atoms with Crippen LogP contribution in [0.2, 0.25) is 10.0 Å². The fourth-order valence-corrected chi connectivity index (χ4v) is 6.60. The molecule has 4 aromatic carbocycles. The number of rotatable bonds is 10. The number of carbonyl (C=O) groups is 1. The zero-order valence-corrected chi connectivity index (χ0v) is 25.6. The molecule has 0 saturated heterocycles. The smallest absolute Gasteiger partial charge is 0.264 e. The third-order valence-corrected chi connectivity index (χ3v) is 9.82. The van der Waals surface area contributed by atoms with E-state index in [1.54, 1.807) is 0 Å². The van der Waals surface area contributed by atoms with Gasteiger partial charge < -0.3 is 14.8 Å². The number of carbonyl (C=O) groups excluding carboxylic acids is 1. The molecular weight excluding hydrogens is 625 g/mol. The van der Waals surface area contributed by atoms with E-state index in [-0.39, 0.29) is 31.8 Å². The van der Waals surface area contributed by atoms with Crippen molar-refractivity contribution in [3.8, 4) is 11.5 Å². The van der Waals surface area contributed by atoms with Gasteiger partial charge in [0, 0.05) is 29.4 Å². The van der Waals surface area contributed by atoms with Crippen molar-refractivity contribution in [3.05, 3.63) is 101 Å². The van der Waals surface area contributed by atoms with E-state index in [1.165, 1.54) is 106 Å². The summed E-state index contributed by atoms with van der Waals surface area (Å²) in [6.45, 7) is 0. The van der Waals surface area contributed by atoms with Gasteiger partial charge in [-0.2, -0.15) is 0 Å². The van der Waals surface area contributed by atoms with E-state index < -0.39 is 26.0 Å². The van der Waals surface area contributed by atoms with Gasteiger partial charge in [0.05, 0.1) is 40.4 Å². The van der Waals surface area contributed by atoms with E-state index in [4.69, 9.17) is 32.7 Å². The molecule has 0 spiro atoms. The van der Waals surface area contributed by atoms with Gasteiger partial charge in [-0.05, 0) is 78.9 Å². The predicted octanol–water partition coefficient (Wildman–Crippen LogP) is 5.89. The second-order valence-electron chi connectivity index (χ2n) is 8.74. The summed E-state index contributed by atoms with van der Waals surface area (Å²) in [7, 11) is -3.64. The van der Waals surface area contributed by atoms with Crippen LogP contribution in [-0.2, 0) is 20.0 Å². The number of ether oxygens (including phenoxy) is 2. The SMILES string of the molecule is COc1ccc(S(=O)(=O)N(C)c2ccc(C(=O)Nc3ccc(S(=O)(=O)Nc4ccc(Cl)cc4Cl)cc3)cc2)cc1OC. The molecule has 0 fully saturated rings. The Hall–Kier alpha value is -3.97. The van der Waals surface area contributed by atoms with E-state index in [2.05, 4.69) is 10.0 Å². The molecule has 2 N–H and O–H groups in total. The van der Waals surface area contributed by atoms with Gasteiger partial charge in [0.1, 0.15) is 0 Å². The third-order valence-electron chi connectivity index (χ3n) is 6.10. The van der Waals surface area contributed by atoms with Crippen LogP contribution in [0.15, 0.2) is 94.7 Å². The largest absolute Gasteiger partial charge is 0.493 e. The molecule has 0 heterocycles. The number of methoxy groups -OCH3 is 2. The first-order valence-corrected chi connectivity index (χ1v) is 15.7. The first-order valence-electron chi connectivity index (χ1n) is 12.1. The van der Waals surface area contributed by atoms with Crippen molar-refractivity contribution in [2.24, 2.45) is 0 Å². The Bertz CT molecular complexity index is 1830. The Labute approximate surface area is 253 Å². The second kappa shape index (κ2) is 12.5. The van der Waals surface area contributed by atoms with E-state index in [1.807, 2.05) is 0 Å². The Balaban J connectivity index is 1.44. The van der Waals surface area contributed by atoms with Crippen molar-refractivity contribution >= 4 is 66.2 Å². The van der Waals surface area contributed by atoms with Crippen LogP contribution in [0.3, 0.4) is 0 Å². The lowest BCUT2D eigenvalue weighted by molar-refractivity contribution is 0.102. The minimum atomic E-state index is -3.96. The maximum absolute atomic E-state index is 13.2. The number of amides is 1. The molecule has 0 saturated carbocycles. The average molecular weight is 651 g/mol. The van der Waals surface area contributed by atoms with Crippen LogP contribution in [0.5, 0.6) is 11.5 Å². The highest BCUT2D eigenvalue weighted by molar-refractivity contribution is 7.93. The van der Waals surface area contributed by atoms with Gasteiger partial charge in [0.2, 0.25) is 0 Å². The lowest BCUT2D eigenvalue weighted by Gasteiger charge is -2.20. The van der Waals surface area contributed by atoms with Gasteiger partial charge in [0.15, 0.2) is 11.5 Å². The van der Waals surface area contributed by atoms with Crippen LogP contribution in [0.25, 0.3) is 0 Å². The molecule has 4 aromatic rings. The normalized spacial score (nSPS) is 11.5. The van der Waals surface area contributed by atoms with Crippen molar-refractivity contribution in [2.75, 3.05) is 35.6 Å². The van der Waals surface area contributed by atoms with Gasteiger partial charge in [-0.3, -0.25) is 13.8 Å². The molecular formula is C28H25Cl2N3O7S2. The number of anilines is 3. The van der Waals surface area contributed by atoms with Crippen molar-refractivity contribution in [1.82, 2.24) is 0 Å². The van der Waals surface area contributed by atoms with Crippen molar-refractivity contribution < 1.29 is 31.1 Å². The summed E-state index contributed by atoms with van der Waals surface area (Å²) in [6, 6.07) is 20.1. The molecule has 220 valence electrons. The fourth-order valence-electron chi connectivity index (χ4n) is 3.79. The average Bonchev–Trinajstić information content (AvgIpc) is 2.98. The highest BCUT2D eigenvalue weighted by Gasteiger charge is 2.23. The molecule has 0 atom stereocenters. The predicted molar refractivity (Wildman–Crippen MR) is 163 cm³/mol. The molecule has 1 amide bonds. The number of benzene rings is 4. The minimum Gasteiger partial charge on any atom is -0.493 e. The van der Waals surface area contributed by atoms with Gasteiger partial charge in [-0.25, -0.2) is 16.8 Å². The van der Waals surface area contributed by atoms with Crippen molar-refractivity contribution in [1.29, 1.82) is 0 Å². The van der Waals surface area contributed by atoms with Crippen LogP contribution in [-0.4, -0.2) is 44.0 Å². The van der Waals surface area contributed by atoms with Crippen molar-refractivity contribution in [3.63, 3.8) is 0 Å². The summed E-state index contributed by atoms with van der Waals surface area (Å²) in [4.78, 5) is 12.8. The topological polar surface area (TPSA) is 131 Å². The zero-order chi connectivity index (χ0) is 30.7. The highest BCUT2D eigenvalue weighted by Crippen LogP contribution is 2.32. The van der Waals surface area contributed by atoms with Gasteiger partial charge in [0.25, 0.3) is 26.0 Å². The lowest BCUT2D eigenvalue weighted by Crippen LogP contribution is -2.26. The molecule has 0 aliphatic heterocycles. The molecule has 0 aliphatic rings. The molecule has 10 nitrogen and oxygen atoms in total. The van der Waals surface area contributed by atoms with Crippen LogP contribution in [0.1, 0.15) is 10.4 Å². The van der Waals surface area contributed by atoms with E-state index >= 15 is 0 Å². The summed E-state index contributed by atoms with van der Waals surface area (Å²) < 4.78 is 65.7. The molecule has 14 heteroatoms. The molecule has 0 bridgehead atoms. The second-order valence-corrected chi connectivity index (χ2v) is 13.2. The van der Waals surface area contributed by atoms with Gasteiger partial charge in [-0.1, -0.05) is 23.2 Å². The van der Waals surface area contributed by atoms with Crippen LogP contribution < -0.4 is 23.8 Å². The number of halogens is 2. The van der Waals surface area contributed by atoms with E-state index in [9.17, 15) is 21.6 Å². The first-order chi connectivity index (χ1) is 19.8. The third kappa shape index (κ3) is 6.73. The fraction of sp³-hybridized carbons (Fsp3) is 0.107. The maximum Gasteiger partial charge on any atom is 0.264 e. The van der Waals surface area contributed by atoms with Crippen LogP contribution in [0.4, 0.5) is 17.1 Å².